The maximum Gasteiger partial charge on any atom is 0.124 e. The number of rotatable bonds is 3. The number of methoxy groups -OCH3 is 1. The first-order chi connectivity index (χ1) is 7.70. The van der Waals surface area contributed by atoms with Crippen molar-refractivity contribution in [2.24, 2.45) is 0 Å². The van der Waals surface area contributed by atoms with Gasteiger partial charge in [-0.05, 0) is 36.6 Å². The van der Waals surface area contributed by atoms with E-state index in [1.807, 2.05) is 16.9 Å². The topological polar surface area (TPSA) is 27.1 Å². The van der Waals surface area contributed by atoms with E-state index in [1.54, 1.807) is 13.3 Å². The van der Waals surface area contributed by atoms with Crippen LogP contribution >= 0.6 is 0 Å². The summed E-state index contributed by atoms with van der Waals surface area (Å²) in [4.78, 5) is 0. The minimum absolute atomic E-state index is 0.804. The molecule has 0 unspecified atom stereocenters. The first-order valence-electron chi connectivity index (χ1n) is 5.32. The Morgan fingerprint density at radius 3 is 2.44 bits per heavy atom. The van der Waals surface area contributed by atoms with Gasteiger partial charge in [-0.2, -0.15) is 5.10 Å². The van der Waals surface area contributed by atoms with E-state index < -0.39 is 0 Å². The Balaban J connectivity index is 2.30. The smallest absolute Gasteiger partial charge is 0.124 e. The van der Waals surface area contributed by atoms with Gasteiger partial charge in [0.1, 0.15) is 5.75 Å². The Morgan fingerprint density at radius 1 is 1.25 bits per heavy atom. The molecule has 0 saturated heterocycles. The number of hydrogen-bond acceptors (Lipinski definition) is 2. The molecule has 0 amide bonds. The molecule has 1 aromatic carbocycles. The third-order valence-electron chi connectivity index (χ3n) is 2.63. The highest BCUT2D eigenvalue weighted by atomic mass is 16.5. The zero-order valence-electron chi connectivity index (χ0n) is 9.90. The first-order valence-corrected chi connectivity index (χ1v) is 5.32. The second-order valence-corrected chi connectivity index (χ2v) is 3.97. The Hall–Kier alpha value is -1.77. The van der Waals surface area contributed by atoms with Crippen molar-refractivity contribution >= 4 is 0 Å². The van der Waals surface area contributed by atoms with E-state index in [2.05, 4.69) is 31.1 Å². The van der Waals surface area contributed by atoms with Gasteiger partial charge in [-0.25, -0.2) is 0 Å². The van der Waals surface area contributed by atoms with E-state index in [4.69, 9.17) is 4.74 Å². The van der Waals surface area contributed by atoms with Crippen LogP contribution in [-0.4, -0.2) is 16.9 Å². The second kappa shape index (κ2) is 4.39. The van der Waals surface area contributed by atoms with Crippen molar-refractivity contribution in [1.29, 1.82) is 0 Å². The van der Waals surface area contributed by atoms with Gasteiger partial charge in [0.15, 0.2) is 0 Å². The standard InChI is InChI=1S/C13H16N2O/c1-10-7-12(8-11(2)13(10)16-3)9-15-6-4-5-14-15/h4-8H,9H2,1-3H3. The lowest BCUT2D eigenvalue weighted by molar-refractivity contribution is 0.408. The van der Waals surface area contributed by atoms with Gasteiger partial charge in [-0.15, -0.1) is 0 Å². The summed E-state index contributed by atoms with van der Waals surface area (Å²) in [7, 11) is 1.71. The van der Waals surface area contributed by atoms with E-state index in [1.165, 1.54) is 16.7 Å². The molecule has 2 rings (SSSR count). The molecule has 0 aliphatic rings. The molecule has 0 aliphatic heterocycles. The highest BCUT2D eigenvalue weighted by Crippen LogP contribution is 2.24. The number of ether oxygens (including phenoxy) is 1. The summed E-state index contributed by atoms with van der Waals surface area (Å²) < 4.78 is 7.26. The van der Waals surface area contributed by atoms with E-state index in [9.17, 15) is 0 Å². The molecule has 0 saturated carbocycles. The zero-order valence-corrected chi connectivity index (χ0v) is 9.90. The van der Waals surface area contributed by atoms with Crippen LogP contribution in [0, 0.1) is 13.8 Å². The fourth-order valence-corrected chi connectivity index (χ4v) is 2.03. The molecule has 0 spiro atoms. The van der Waals surface area contributed by atoms with Crippen molar-refractivity contribution in [2.45, 2.75) is 20.4 Å². The van der Waals surface area contributed by atoms with Crippen molar-refractivity contribution in [2.75, 3.05) is 7.11 Å². The molecule has 3 nitrogen and oxygen atoms in total. The van der Waals surface area contributed by atoms with Crippen LogP contribution in [0.4, 0.5) is 0 Å². The number of nitrogens with zero attached hydrogens (tertiary/aromatic N) is 2. The Morgan fingerprint density at radius 2 is 1.94 bits per heavy atom. The first kappa shape index (κ1) is 10.7. The molecule has 1 aromatic heterocycles. The third-order valence-corrected chi connectivity index (χ3v) is 2.63. The molecule has 0 bridgehead atoms. The van der Waals surface area contributed by atoms with E-state index in [0.29, 0.717) is 0 Å². The third kappa shape index (κ3) is 2.08. The minimum atomic E-state index is 0.804. The predicted molar refractivity (Wildman–Crippen MR) is 63.8 cm³/mol. The molecule has 0 N–H and O–H groups in total. The maximum atomic E-state index is 5.34. The Labute approximate surface area is 95.7 Å². The second-order valence-electron chi connectivity index (χ2n) is 3.97. The maximum absolute atomic E-state index is 5.34. The lowest BCUT2D eigenvalue weighted by Gasteiger charge is -2.11. The Kier molecular flexibility index (Phi) is 2.95. The fraction of sp³-hybridized carbons (Fsp3) is 0.308. The average Bonchev–Trinajstić information content (AvgIpc) is 2.70. The predicted octanol–water partition coefficient (Wildman–Crippen LogP) is 2.56. The SMILES string of the molecule is COc1c(C)cc(Cn2cccn2)cc1C. The molecule has 0 radical (unpaired) electrons. The number of benzene rings is 1. The van der Waals surface area contributed by atoms with Crippen molar-refractivity contribution in [3.63, 3.8) is 0 Å². The zero-order chi connectivity index (χ0) is 11.5. The average molecular weight is 216 g/mol. The lowest BCUT2D eigenvalue weighted by Crippen LogP contribution is -2.01. The van der Waals surface area contributed by atoms with Crippen LogP contribution in [0.2, 0.25) is 0 Å². The van der Waals surface area contributed by atoms with Crippen LogP contribution in [0.5, 0.6) is 5.75 Å². The quantitative estimate of drug-likeness (QED) is 0.788. The molecular weight excluding hydrogens is 200 g/mol. The lowest BCUT2D eigenvalue weighted by atomic mass is 10.1. The van der Waals surface area contributed by atoms with Crippen molar-refractivity contribution in [3.8, 4) is 5.75 Å². The summed E-state index contributed by atoms with van der Waals surface area (Å²) in [5.74, 6) is 0.976. The molecule has 0 fully saturated rings. The summed E-state index contributed by atoms with van der Waals surface area (Å²) in [5.41, 5.74) is 3.59. The number of hydrogen-bond donors (Lipinski definition) is 0. The van der Waals surface area contributed by atoms with Gasteiger partial charge in [0.25, 0.3) is 0 Å². The van der Waals surface area contributed by atoms with Gasteiger partial charge in [-0.1, -0.05) is 12.1 Å². The van der Waals surface area contributed by atoms with Gasteiger partial charge in [0, 0.05) is 12.4 Å². The molecule has 3 heteroatoms. The highest BCUT2D eigenvalue weighted by Gasteiger charge is 2.05. The van der Waals surface area contributed by atoms with Crippen LogP contribution in [0.1, 0.15) is 16.7 Å². The monoisotopic (exact) mass is 216 g/mol. The summed E-state index contributed by atoms with van der Waals surface area (Å²) in [6.45, 7) is 4.94. The van der Waals surface area contributed by atoms with E-state index in [-0.39, 0.29) is 0 Å². The molecule has 16 heavy (non-hydrogen) atoms. The largest absolute Gasteiger partial charge is 0.496 e. The van der Waals surface area contributed by atoms with Gasteiger partial charge >= 0.3 is 0 Å². The Bertz CT molecular complexity index is 452. The summed E-state index contributed by atoms with van der Waals surface area (Å²) in [6, 6.07) is 6.23. The van der Waals surface area contributed by atoms with Gasteiger partial charge in [0.05, 0.1) is 13.7 Å². The minimum Gasteiger partial charge on any atom is -0.496 e. The molecule has 0 atom stereocenters. The van der Waals surface area contributed by atoms with Crippen molar-refractivity contribution in [3.05, 3.63) is 47.3 Å². The van der Waals surface area contributed by atoms with Crippen molar-refractivity contribution < 1.29 is 4.74 Å². The summed E-state index contributed by atoms with van der Waals surface area (Å²) >= 11 is 0. The molecule has 0 aliphatic carbocycles. The summed E-state index contributed by atoms with van der Waals surface area (Å²) in [6.07, 6.45) is 3.76. The van der Waals surface area contributed by atoms with Crippen LogP contribution in [0.3, 0.4) is 0 Å². The fourth-order valence-electron chi connectivity index (χ4n) is 2.03. The number of aryl methyl sites for hydroxylation is 2. The van der Waals surface area contributed by atoms with Gasteiger partial charge in [0.2, 0.25) is 0 Å². The van der Waals surface area contributed by atoms with Crippen LogP contribution in [-0.2, 0) is 6.54 Å². The molecular formula is C13H16N2O. The van der Waals surface area contributed by atoms with Crippen LogP contribution < -0.4 is 4.74 Å². The molecule has 84 valence electrons. The van der Waals surface area contributed by atoms with Crippen LogP contribution in [0.25, 0.3) is 0 Å². The summed E-state index contributed by atoms with van der Waals surface area (Å²) in [5, 5.41) is 4.20. The highest BCUT2D eigenvalue weighted by molar-refractivity contribution is 5.43. The van der Waals surface area contributed by atoms with Gasteiger partial charge < -0.3 is 4.74 Å². The number of aromatic nitrogens is 2. The molecule has 2 aromatic rings. The normalized spacial score (nSPS) is 10.4. The van der Waals surface area contributed by atoms with Crippen LogP contribution in [0.15, 0.2) is 30.6 Å². The van der Waals surface area contributed by atoms with Crippen molar-refractivity contribution in [1.82, 2.24) is 9.78 Å². The van der Waals surface area contributed by atoms with E-state index in [0.717, 1.165) is 12.3 Å². The van der Waals surface area contributed by atoms with Gasteiger partial charge in [-0.3, -0.25) is 4.68 Å². The van der Waals surface area contributed by atoms with E-state index >= 15 is 0 Å². The molecule has 1 heterocycles.